The number of halogens is 1. The van der Waals surface area contributed by atoms with Gasteiger partial charge in [-0.2, -0.15) is 5.26 Å². The number of rotatable bonds is 8. The molecule has 0 unspecified atom stereocenters. The van der Waals surface area contributed by atoms with Crippen LogP contribution in [0, 0.1) is 11.3 Å². The number of nitriles is 1. The smallest absolute Gasteiger partial charge is 0.266 e. The van der Waals surface area contributed by atoms with Crippen molar-refractivity contribution in [1.29, 1.82) is 5.26 Å². The maximum absolute atomic E-state index is 12.9. The van der Waals surface area contributed by atoms with E-state index in [0.717, 1.165) is 5.69 Å². The zero-order chi connectivity index (χ0) is 23.8. The average Bonchev–Trinajstić information content (AvgIpc) is 2.81. The van der Waals surface area contributed by atoms with Crippen molar-refractivity contribution >= 4 is 40.9 Å². The summed E-state index contributed by atoms with van der Waals surface area (Å²) in [7, 11) is 1.45. The molecule has 2 aromatic carbocycles. The van der Waals surface area contributed by atoms with Crippen LogP contribution in [0.15, 0.2) is 42.0 Å². The maximum Gasteiger partial charge on any atom is 0.266 e. The summed E-state index contributed by atoms with van der Waals surface area (Å²) in [5.74, 6) is -0.602. The quantitative estimate of drug-likeness (QED) is 0.448. The molecule has 9 nitrogen and oxygen atoms in total. The molecule has 0 radical (unpaired) electrons. The lowest BCUT2D eigenvalue weighted by molar-refractivity contribution is -0.120. The second-order valence-electron chi connectivity index (χ2n) is 7.05. The molecule has 2 amide bonds. The molecule has 0 aromatic heterocycles. The highest BCUT2D eigenvalue weighted by Crippen LogP contribution is 2.31. The summed E-state index contributed by atoms with van der Waals surface area (Å²) in [6, 6.07) is 11.9. The van der Waals surface area contributed by atoms with Crippen molar-refractivity contribution < 1.29 is 23.8 Å². The molecule has 1 aliphatic heterocycles. The summed E-state index contributed by atoms with van der Waals surface area (Å²) in [5.41, 5.74) is 6.79. The predicted molar refractivity (Wildman–Crippen MR) is 124 cm³/mol. The van der Waals surface area contributed by atoms with Crippen LogP contribution in [0.1, 0.15) is 5.56 Å². The van der Waals surface area contributed by atoms with Crippen molar-refractivity contribution in [3.05, 3.63) is 52.6 Å². The largest absolute Gasteiger partial charge is 0.493 e. The number of carbonyl (C=O) groups is 2. The van der Waals surface area contributed by atoms with Crippen LogP contribution in [0.4, 0.5) is 11.4 Å². The minimum Gasteiger partial charge on any atom is -0.493 e. The van der Waals surface area contributed by atoms with Gasteiger partial charge in [0.15, 0.2) is 18.1 Å². The minimum atomic E-state index is -0.646. The Labute approximate surface area is 196 Å². The Morgan fingerprint density at radius 1 is 1.24 bits per heavy atom. The van der Waals surface area contributed by atoms with Gasteiger partial charge in [-0.05, 0) is 42.0 Å². The fourth-order valence-electron chi connectivity index (χ4n) is 3.24. The first-order valence-corrected chi connectivity index (χ1v) is 10.4. The van der Waals surface area contributed by atoms with Gasteiger partial charge in [-0.3, -0.25) is 9.59 Å². The molecule has 33 heavy (non-hydrogen) atoms. The van der Waals surface area contributed by atoms with Crippen LogP contribution >= 0.6 is 11.6 Å². The van der Waals surface area contributed by atoms with E-state index in [4.69, 9.17) is 31.5 Å². The van der Waals surface area contributed by atoms with Gasteiger partial charge < -0.3 is 30.2 Å². The van der Waals surface area contributed by atoms with Gasteiger partial charge in [-0.15, -0.1) is 0 Å². The number of anilines is 2. The van der Waals surface area contributed by atoms with Crippen LogP contribution in [-0.2, 0) is 14.3 Å². The summed E-state index contributed by atoms with van der Waals surface area (Å²) in [6.07, 6.45) is 1.41. The summed E-state index contributed by atoms with van der Waals surface area (Å²) in [6.45, 7) is 2.17. The molecule has 0 aliphatic carbocycles. The summed E-state index contributed by atoms with van der Waals surface area (Å²) in [4.78, 5) is 26.0. The van der Waals surface area contributed by atoms with E-state index in [1.165, 1.54) is 13.2 Å². The van der Waals surface area contributed by atoms with Crippen molar-refractivity contribution in [2.75, 3.05) is 50.2 Å². The van der Waals surface area contributed by atoms with Gasteiger partial charge in [-0.25, -0.2) is 0 Å². The lowest BCUT2D eigenvalue weighted by Crippen LogP contribution is -2.36. The molecule has 0 bridgehead atoms. The SMILES string of the molecule is COc1ccc(C=C(C#N)C(=O)Nc2cc(Cl)ccc2N2CCOCC2)cc1OCC(N)=O. The Bertz CT molecular complexity index is 1110. The first kappa shape index (κ1) is 23.9. The molecule has 1 saturated heterocycles. The normalized spacial score (nSPS) is 13.7. The topological polar surface area (TPSA) is 127 Å². The minimum absolute atomic E-state index is 0.131. The highest BCUT2D eigenvalue weighted by molar-refractivity contribution is 6.31. The Balaban J connectivity index is 1.85. The first-order chi connectivity index (χ1) is 15.9. The van der Waals surface area contributed by atoms with E-state index in [9.17, 15) is 14.9 Å². The second-order valence-corrected chi connectivity index (χ2v) is 7.49. The van der Waals surface area contributed by atoms with E-state index in [-0.39, 0.29) is 17.9 Å². The van der Waals surface area contributed by atoms with E-state index in [1.807, 2.05) is 12.1 Å². The van der Waals surface area contributed by atoms with Crippen LogP contribution in [0.5, 0.6) is 11.5 Å². The molecule has 0 saturated carbocycles. The van der Waals surface area contributed by atoms with E-state index in [2.05, 4.69) is 10.2 Å². The number of nitrogens with two attached hydrogens (primary N) is 1. The van der Waals surface area contributed by atoms with Crippen molar-refractivity contribution in [2.45, 2.75) is 0 Å². The summed E-state index contributed by atoms with van der Waals surface area (Å²) in [5, 5.41) is 12.8. The molecular formula is C23H23ClN4O5. The Morgan fingerprint density at radius 3 is 2.67 bits per heavy atom. The molecule has 3 N–H and O–H groups in total. The second kappa shape index (κ2) is 11.2. The van der Waals surface area contributed by atoms with Crippen LogP contribution in [-0.4, -0.2) is 51.8 Å². The van der Waals surface area contributed by atoms with Gasteiger partial charge in [0.1, 0.15) is 11.6 Å². The number of methoxy groups -OCH3 is 1. The number of hydrogen-bond donors (Lipinski definition) is 2. The monoisotopic (exact) mass is 470 g/mol. The number of amides is 2. The third-order valence-corrected chi connectivity index (χ3v) is 5.03. The van der Waals surface area contributed by atoms with Gasteiger partial charge in [0.2, 0.25) is 0 Å². The van der Waals surface area contributed by atoms with Crippen molar-refractivity contribution in [3.8, 4) is 17.6 Å². The summed E-state index contributed by atoms with van der Waals surface area (Å²) >= 11 is 6.15. The van der Waals surface area contributed by atoms with Gasteiger partial charge >= 0.3 is 0 Å². The number of benzene rings is 2. The van der Waals surface area contributed by atoms with Crippen LogP contribution in [0.25, 0.3) is 6.08 Å². The summed E-state index contributed by atoms with van der Waals surface area (Å²) < 4.78 is 16.0. The van der Waals surface area contributed by atoms with Gasteiger partial charge in [0.05, 0.1) is 31.7 Å². The highest BCUT2D eigenvalue weighted by atomic mass is 35.5. The Hall–Kier alpha value is -3.74. The molecule has 1 fully saturated rings. The molecule has 0 atom stereocenters. The van der Waals surface area contributed by atoms with Crippen LogP contribution in [0.3, 0.4) is 0 Å². The molecule has 1 aliphatic rings. The van der Waals surface area contributed by atoms with E-state index >= 15 is 0 Å². The fraction of sp³-hybridized carbons (Fsp3) is 0.261. The molecule has 0 spiro atoms. The average molecular weight is 471 g/mol. The number of primary amides is 1. The number of ether oxygens (including phenoxy) is 3. The first-order valence-electron chi connectivity index (χ1n) is 10.1. The third kappa shape index (κ3) is 6.38. The van der Waals surface area contributed by atoms with Crippen molar-refractivity contribution in [1.82, 2.24) is 0 Å². The van der Waals surface area contributed by atoms with Crippen LogP contribution in [0.2, 0.25) is 5.02 Å². The number of carbonyl (C=O) groups excluding carboxylic acids is 2. The van der Waals surface area contributed by atoms with E-state index in [0.29, 0.717) is 48.3 Å². The number of nitrogens with zero attached hydrogens (tertiary/aromatic N) is 2. The zero-order valence-corrected chi connectivity index (χ0v) is 18.7. The van der Waals surface area contributed by atoms with Crippen LogP contribution < -0.4 is 25.4 Å². The highest BCUT2D eigenvalue weighted by Gasteiger charge is 2.18. The third-order valence-electron chi connectivity index (χ3n) is 4.79. The molecule has 1 heterocycles. The predicted octanol–water partition coefficient (Wildman–Crippen LogP) is 2.59. The molecule has 10 heteroatoms. The Morgan fingerprint density at radius 2 is 2.00 bits per heavy atom. The molecular weight excluding hydrogens is 448 g/mol. The fourth-order valence-corrected chi connectivity index (χ4v) is 3.41. The number of nitrogens with one attached hydrogen (secondary N) is 1. The van der Waals surface area contributed by atoms with Crippen molar-refractivity contribution in [2.24, 2.45) is 5.73 Å². The molecule has 3 rings (SSSR count). The van der Waals surface area contributed by atoms with Gasteiger partial charge in [0.25, 0.3) is 11.8 Å². The lowest BCUT2D eigenvalue weighted by atomic mass is 10.1. The standard InChI is InChI=1S/C23H23ClN4O5/c1-31-20-5-2-15(11-21(20)33-14-22(26)29)10-16(13-25)23(30)27-18-12-17(24)3-4-19(18)28-6-8-32-9-7-28/h2-5,10-12H,6-9,14H2,1H3,(H2,26,29)(H,27,30). The number of morpholine rings is 1. The van der Waals surface area contributed by atoms with E-state index in [1.54, 1.807) is 30.3 Å². The van der Waals surface area contributed by atoms with Crippen molar-refractivity contribution in [3.63, 3.8) is 0 Å². The van der Waals surface area contributed by atoms with E-state index < -0.39 is 11.8 Å². The maximum atomic E-state index is 12.9. The number of hydrogen-bond acceptors (Lipinski definition) is 7. The van der Waals surface area contributed by atoms with Gasteiger partial charge in [0, 0.05) is 18.1 Å². The zero-order valence-electron chi connectivity index (χ0n) is 18.0. The lowest BCUT2D eigenvalue weighted by Gasteiger charge is -2.30. The molecule has 172 valence electrons. The molecule has 2 aromatic rings. The Kier molecular flexibility index (Phi) is 8.13. The van der Waals surface area contributed by atoms with Gasteiger partial charge in [-0.1, -0.05) is 17.7 Å².